The van der Waals surface area contributed by atoms with Crippen LogP contribution in [0.15, 0.2) is 23.7 Å². The van der Waals surface area contributed by atoms with Crippen molar-refractivity contribution in [1.29, 1.82) is 10.5 Å². The van der Waals surface area contributed by atoms with E-state index in [4.69, 9.17) is 10.5 Å². The maximum Gasteiger partial charge on any atom is 0.291 e. The Morgan fingerprint density at radius 3 is 1.91 bits per heavy atom. The predicted octanol–water partition coefficient (Wildman–Crippen LogP) is 1.15. The van der Waals surface area contributed by atoms with Crippen molar-refractivity contribution >= 4 is 0 Å². The van der Waals surface area contributed by atoms with E-state index in [9.17, 15) is 0 Å². The van der Waals surface area contributed by atoms with Crippen molar-refractivity contribution in [1.82, 2.24) is 0 Å². The fourth-order valence-corrected chi connectivity index (χ4v) is 0.733. The Labute approximate surface area is 63.6 Å². The molecule has 0 N–H and O–H groups in total. The van der Waals surface area contributed by atoms with Gasteiger partial charge in [0.05, 0.1) is 6.42 Å². The van der Waals surface area contributed by atoms with Gasteiger partial charge in [-0.3, -0.25) is 0 Å². The summed E-state index contributed by atoms with van der Waals surface area (Å²) in [5.41, 5.74) is 0. The zero-order chi connectivity index (χ0) is 8.10. The number of rotatable bonds is 2. The molecule has 1 aliphatic rings. The maximum atomic E-state index is 8.10. The Hall–Kier alpha value is -1.94. The lowest BCUT2D eigenvalue weighted by Crippen LogP contribution is -1.85. The third kappa shape index (κ3) is 1.74. The van der Waals surface area contributed by atoms with Gasteiger partial charge in [0.2, 0.25) is 0 Å². The second kappa shape index (κ2) is 3.28. The summed E-state index contributed by atoms with van der Waals surface area (Å²) in [7, 11) is 0. The molecule has 0 amide bonds. The van der Waals surface area contributed by atoms with Crippen LogP contribution in [0.5, 0.6) is 0 Å². The largest absolute Gasteiger partial charge is 0.392 e. The van der Waals surface area contributed by atoms with E-state index >= 15 is 0 Å². The third-order valence-corrected chi connectivity index (χ3v) is 1.16. The molecule has 0 aliphatic heterocycles. The Balaban J connectivity index is 2.42. The summed E-state index contributed by atoms with van der Waals surface area (Å²) >= 11 is 0. The van der Waals surface area contributed by atoms with E-state index in [1.54, 1.807) is 12.2 Å². The van der Waals surface area contributed by atoms with Crippen molar-refractivity contribution in [2.24, 2.45) is 0 Å². The van der Waals surface area contributed by atoms with Gasteiger partial charge < -0.3 is 9.47 Å². The number of nitrogens with zero attached hydrogens (tertiary/aromatic N) is 2. The normalized spacial score (nSPS) is 14.0. The summed E-state index contributed by atoms with van der Waals surface area (Å²) in [6.45, 7) is 0. The number of allylic oxidation sites excluding steroid dienone is 2. The van der Waals surface area contributed by atoms with E-state index < -0.39 is 0 Å². The summed E-state index contributed by atoms with van der Waals surface area (Å²) < 4.78 is 9.01. The van der Waals surface area contributed by atoms with E-state index in [1.165, 1.54) is 12.5 Å². The molecule has 0 aromatic rings. The molecule has 11 heavy (non-hydrogen) atoms. The summed E-state index contributed by atoms with van der Waals surface area (Å²) in [5, 5.41) is 16.2. The molecule has 0 heterocycles. The quantitative estimate of drug-likeness (QED) is 0.551. The van der Waals surface area contributed by atoms with Crippen molar-refractivity contribution in [2.45, 2.75) is 6.42 Å². The monoisotopic (exact) mass is 148 g/mol. The minimum atomic E-state index is 0.376. The first kappa shape index (κ1) is 7.17. The van der Waals surface area contributed by atoms with Crippen molar-refractivity contribution in [2.75, 3.05) is 0 Å². The zero-order valence-electron chi connectivity index (χ0n) is 5.57. The van der Waals surface area contributed by atoms with Crippen LogP contribution in [0.1, 0.15) is 6.42 Å². The van der Waals surface area contributed by atoms with Gasteiger partial charge in [-0.05, 0) is 12.2 Å². The molecule has 0 aromatic carbocycles. The summed E-state index contributed by atoms with van der Waals surface area (Å²) in [5.74, 6) is 0.996. The van der Waals surface area contributed by atoms with Crippen LogP contribution in [0.2, 0.25) is 0 Å². The van der Waals surface area contributed by atoms with Crippen LogP contribution in [0.4, 0.5) is 0 Å². The molecule has 0 bridgehead atoms. The topological polar surface area (TPSA) is 66.0 Å². The van der Waals surface area contributed by atoms with Crippen LogP contribution in [-0.2, 0) is 9.47 Å². The van der Waals surface area contributed by atoms with Gasteiger partial charge in [0.1, 0.15) is 11.5 Å². The van der Waals surface area contributed by atoms with E-state index in [0.717, 1.165) is 0 Å². The summed E-state index contributed by atoms with van der Waals surface area (Å²) in [6, 6.07) is 0. The number of hydrogen-bond donors (Lipinski definition) is 0. The van der Waals surface area contributed by atoms with Gasteiger partial charge in [0.25, 0.3) is 12.5 Å². The highest BCUT2D eigenvalue weighted by Crippen LogP contribution is 2.19. The molecule has 0 fully saturated rings. The van der Waals surface area contributed by atoms with Gasteiger partial charge in [-0.2, -0.15) is 0 Å². The molecule has 4 heteroatoms. The molecule has 4 nitrogen and oxygen atoms in total. The third-order valence-electron chi connectivity index (χ3n) is 1.16. The van der Waals surface area contributed by atoms with Crippen LogP contribution in [0.3, 0.4) is 0 Å². The highest BCUT2D eigenvalue weighted by molar-refractivity contribution is 5.24. The lowest BCUT2D eigenvalue weighted by atomic mass is 10.4. The molecule has 0 unspecified atom stereocenters. The van der Waals surface area contributed by atoms with Crippen LogP contribution < -0.4 is 0 Å². The number of nitriles is 2. The van der Waals surface area contributed by atoms with Crippen molar-refractivity contribution in [3.8, 4) is 12.5 Å². The minimum absolute atomic E-state index is 0.376. The highest BCUT2D eigenvalue weighted by atomic mass is 16.5. The molecule has 0 aromatic heterocycles. The van der Waals surface area contributed by atoms with Crippen molar-refractivity contribution in [3.63, 3.8) is 0 Å². The van der Waals surface area contributed by atoms with Crippen LogP contribution >= 0.6 is 0 Å². The second-order valence-corrected chi connectivity index (χ2v) is 1.83. The lowest BCUT2D eigenvalue weighted by Gasteiger charge is -1.96. The second-order valence-electron chi connectivity index (χ2n) is 1.83. The van der Waals surface area contributed by atoms with E-state index in [2.05, 4.69) is 9.47 Å². The van der Waals surface area contributed by atoms with Gasteiger partial charge >= 0.3 is 0 Å². The van der Waals surface area contributed by atoms with Gasteiger partial charge in [0, 0.05) is 0 Å². The summed E-state index contributed by atoms with van der Waals surface area (Å²) in [6.07, 6.45) is 6.63. The molecule has 1 rings (SSSR count). The molecule has 54 valence electrons. The average Bonchev–Trinajstić information content (AvgIpc) is 2.38. The first-order chi connectivity index (χ1) is 5.36. The molecular weight excluding hydrogens is 144 g/mol. The van der Waals surface area contributed by atoms with Crippen molar-refractivity contribution in [3.05, 3.63) is 23.7 Å². The Morgan fingerprint density at radius 2 is 1.55 bits per heavy atom. The Kier molecular flexibility index (Phi) is 2.14. The molecule has 0 radical (unpaired) electrons. The van der Waals surface area contributed by atoms with E-state index in [1.807, 2.05) is 0 Å². The standard InChI is InChI=1S/C7H4N2O2/c8-4-10-6-1-2-7(3-6)11-5-9/h1-2H,3H2. The first-order valence-corrected chi connectivity index (χ1v) is 2.88. The zero-order valence-corrected chi connectivity index (χ0v) is 5.57. The van der Waals surface area contributed by atoms with Gasteiger partial charge in [-0.1, -0.05) is 0 Å². The number of hydrogen-bond acceptors (Lipinski definition) is 4. The molecule has 0 saturated carbocycles. The number of ether oxygens (including phenoxy) is 2. The van der Waals surface area contributed by atoms with Crippen LogP contribution in [0.25, 0.3) is 0 Å². The van der Waals surface area contributed by atoms with Gasteiger partial charge in [-0.15, -0.1) is 10.5 Å². The predicted molar refractivity (Wildman–Crippen MR) is 34.2 cm³/mol. The summed E-state index contributed by atoms with van der Waals surface area (Å²) in [4.78, 5) is 0. The van der Waals surface area contributed by atoms with Gasteiger partial charge in [0.15, 0.2) is 0 Å². The molecule has 0 saturated heterocycles. The SMILES string of the molecule is N#COC1=CC=C(OC#N)C1. The smallest absolute Gasteiger partial charge is 0.291 e. The lowest BCUT2D eigenvalue weighted by molar-refractivity contribution is 0.322. The Morgan fingerprint density at radius 1 is 1.09 bits per heavy atom. The molecule has 1 aliphatic carbocycles. The molecule has 0 atom stereocenters. The van der Waals surface area contributed by atoms with Crippen LogP contribution in [-0.4, -0.2) is 0 Å². The first-order valence-electron chi connectivity index (χ1n) is 2.88. The highest BCUT2D eigenvalue weighted by Gasteiger charge is 2.10. The van der Waals surface area contributed by atoms with E-state index in [0.29, 0.717) is 17.9 Å². The minimum Gasteiger partial charge on any atom is -0.392 e. The van der Waals surface area contributed by atoms with E-state index in [-0.39, 0.29) is 0 Å². The van der Waals surface area contributed by atoms with Gasteiger partial charge in [-0.25, -0.2) is 0 Å². The maximum absolute atomic E-state index is 8.10. The van der Waals surface area contributed by atoms with Crippen molar-refractivity contribution < 1.29 is 9.47 Å². The molecular formula is C7H4N2O2. The Bertz CT molecular complexity index is 261. The fraction of sp³-hybridized carbons (Fsp3) is 0.143. The van der Waals surface area contributed by atoms with Crippen LogP contribution in [0, 0.1) is 23.0 Å². The molecule has 0 spiro atoms. The average molecular weight is 148 g/mol. The fourth-order valence-electron chi connectivity index (χ4n) is 0.733.